The first-order valence-corrected chi connectivity index (χ1v) is 5.72. The first-order chi connectivity index (χ1) is 8.60. The molecular weight excluding hydrogens is 228 g/mol. The van der Waals surface area contributed by atoms with Gasteiger partial charge in [0.1, 0.15) is 6.07 Å². The summed E-state index contributed by atoms with van der Waals surface area (Å²) in [7, 11) is 1.84. The van der Waals surface area contributed by atoms with Crippen LogP contribution < -0.4 is 4.90 Å². The second-order valence-electron chi connectivity index (χ2n) is 3.90. The van der Waals surface area contributed by atoms with E-state index in [9.17, 15) is 4.79 Å². The molecule has 0 amide bonds. The maximum atomic E-state index is 10.9. The number of likely N-dealkylation sites (N-methyl/N-ethyl adjacent to an activating group) is 1. The number of hydrogen-bond donors (Lipinski definition) is 1. The minimum Gasteiger partial charge on any atom is -0.478 e. The highest BCUT2D eigenvalue weighted by atomic mass is 16.4. The van der Waals surface area contributed by atoms with Gasteiger partial charge in [-0.25, -0.2) is 4.79 Å². The van der Waals surface area contributed by atoms with Gasteiger partial charge < -0.3 is 10.0 Å². The first kappa shape index (κ1) is 13.8. The van der Waals surface area contributed by atoms with Crippen LogP contribution in [0.4, 0.5) is 5.69 Å². The van der Waals surface area contributed by atoms with E-state index in [1.54, 1.807) is 18.2 Å². The molecule has 18 heavy (non-hydrogen) atoms. The summed E-state index contributed by atoms with van der Waals surface area (Å²) in [4.78, 5) is 12.7. The maximum absolute atomic E-state index is 10.9. The molecule has 0 aromatic heterocycles. The van der Waals surface area contributed by atoms with Crippen LogP contribution in [-0.2, 0) is 4.79 Å². The summed E-state index contributed by atoms with van der Waals surface area (Å²) < 4.78 is 0. The van der Waals surface area contributed by atoms with Gasteiger partial charge in [0.2, 0.25) is 0 Å². The highest BCUT2D eigenvalue weighted by Crippen LogP contribution is 2.18. The third kappa shape index (κ3) is 3.36. The Morgan fingerprint density at radius 2 is 2.17 bits per heavy atom. The molecule has 0 spiro atoms. The Kier molecular flexibility index (Phi) is 4.94. The Morgan fingerprint density at radius 1 is 1.50 bits per heavy atom. The summed E-state index contributed by atoms with van der Waals surface area (Å²) in [5.74, 6) is -0.889. The van der Waals surface area contributed by atoms with Crippen LogP contribution in [0.3, 0.4) is 0 Å². The number of hydrogen-bond acceptors (Lipinski definition) is 3. The highest BCUT2D eigenvalue weighted by Gasteiger charge is 2.07. The van der Waals surface area contributed by atoms with Gasteiger partial charge in [-0.2, -0.15) is 5.26 Å². The predicted octanol–water partition coefficient (Wildman–Crippen LogP) is 2.42. The Morgan fingerprint density at radius 3 is 2.72 bits per heavy atom. The fourth-order valence-electron chi connectivity index (χ4n) is 1.63. The minimum atomic E-state index is -0.889. The number of anilines is 1. The fraction of sp³-hybridized carbons (Fsp3) is 0.286. The molecule has 0 aliphatic heterocycles. The van der Waals surface area contributed by atoms with Gasteiger partial charge >= 0.3 is 5.97 Å². The molecule has 1 aromatic rings. The Bertz CT molecular complexity index is 501. The molecule has 0 bridgehead atoms. The van der Waals surface area contributed by atoms with Crippen molar-refractivity contribution in [2.24, 2.45) is 0 Å². The number of rotatable bonds is 5. The number of carboxylic acids is 1. The number of para-hydroxylation sites is 1. The van der Waals surface area contributed by atoms with Crippen LogP contribution in [0.2, 0.25) is 0 Å². The molecule has 1 N–H and O–H groups in total. The predicted molar refractivity (Wildman–Crippen MR) is 70.4 cm³/mol. The van der Waals surface area contributed by atoms with Crippen molar-refractivity contribution in [3.05, 3.63) is 41.5 Å². The zero-order valence-electron chi connectivity index (χ0n) is 10.6. The van der Waals surface area contributed by atoms with Crippen LogP contribution in [0.5, 0.6) is 0 Å². The number of aliphatic carboxylic acids is 1. The average molecular weight is 244 g/mol. The lowest BCUT2D eigenvalue weighted by Gasteiger charge is -2.18. The molecular formula is C14H16N2O2. The third-order valence-electron chi connectivity index (χ3n) is 2.70. The van der Waals surface area contributed by atoms with Crippen molar-refractivity contribution >= 4 is 11.7 Å². The molecule has 94 valence electrons. The number of nitrogens with zero attached hydrogens (tertiary/aromatic N) is 2. The summed E-state index contributed by atoms with van der Waals surface area (Å²) in [6.45, 7) is 2.28. The number of carboxylic acid groups (broad SMARTS) is 1. The van der Waals surface area contributed by atoms with Crippen molar-refractivity contribution in [2.75, 3.05) is 18.5 Å². The van der Waals surface area contributed by atoms with Crippen molar-refractivity contribution < 1.29 is 9.90 Å². The average Bonchev–Trinajstić information content (AvgIpc) is 2.38. The van der Waals surface area contributed by atoms with Gasteiger partial charge in [-0.3, -0.25) is 0 Å². The van der Waals surface area contributed by atoms with E-state index in [0.29, 0.717) is 24.1 Å². The molecule has 0 radical (unpaired) electrons. The lowest BCUT2D eigenvalue weighted by Crippen LogP contribution is -2.19. The van der Waals surface area contributed by atoms with E-state index in [1.807, 2.05) is 31.0 Å². The van der Waals surface area contributed by atoms with Crippen LogP contribution in [0.1, 0.15) is 18.9 Å². The van der Waals surface area contributed by atoms with E-state index in [4.69, 9.17) is 10.4 Å². The van der Waals surface area contributed by atoms with Crippen molar-refractivity contribution in [1.29, 1.82) is 5.26 Å². The van der Waals surface area contributed by atoms with Crippen LogP contribution >= 0.6 is 0 Å². The summed E-state index contributed by atoms with van der Waals surface area (Å²) in [5.41, 5.74) is 1.77. The standard InChI is InChI=1S/C14H16N2O2/c1-3-11(14(17)18)8-9-16(2)13-7-5-4-6-12(13)10-15/h4-8H,3,9H2,1-2H3,(H,17,18). The monoisotopic (exact) mass is 244 g/mol. The Balaban J connectivity index is 2.86. The molecule has 0 heterocycles. The van der Waals surface area contributed by atoms with Gasteiger partial charge in [0.05, 0.1) is 11.3 Å². The van der Waals surface area contributed by atoms with E-state index in [-0.39, 0.29) is 0 Å². The summed E-state index contributed by atoms with van der Waals surface area (Å²) in [6.07, 6.45) is 2.17. The minimum absolute atomic E-state index is 0.385. The fourth-order valence-corrected chi connectivity index (χ4v) is 1.63. The second-order valence-corrected chi connectivity index (χ2v) is 3.90. The third-order valence-corrected chi connectivity index (χ3v) is 2.70. The molecule has 0 fully saturated rings. The summed E-state index contributed by atoms with van der Waals surface area (Å²) in [5, 5.41) is 17.9. The molecule has 1 rings (SSSR count). The second kappa shape index (κ2) is 6.45. The lowest BCUT2D eigenvalue weighted by atomic mass is 10.1. The van der Waals surface area contributed by atoms with Crippen molar-refractivity contribution in [3.63, 3.8) is 0 Å². The molecule has 0 atom stereocenters. The first-order valence-electron chi connectivity index (χ1n) is 5.72. The van der Waals surface area contributed by atoms with E-state index in [1.165, 1.54) is 0 Å². The summed E-state index contributed by atoms with van der Waals surface area (Å²) in [6, 6.07) is 9.37. The number of benzene rings is 1. The zero-order chi connectivity index (χ0) is 13.5. The lowest BCUT2D eigenvalue weighted by molar-refractivity contribution is -0.132. The molecule has 0 aliphatic carbocycles. The highest BCUT2D eigenvalue weighted by molar-refractivity contribution is 5.86. The van der Waals surface area contributed by atoms with E-state index < -0.39 is 5.97 Å². The van der Waals surface area contributed by atoms with Crippen LogP contribution in [0.15, 0.2) is 35.9 Å². The molecule has 0 unspecified atom stereocenters. The van der Waals surface area contributed by atoms with Gasteiger partial charge in [-0.15, -0.1) is 0 Å². The molecule has 4 heteroatoms. The SMILES string of the molecule is CCC(=CCN(C)c1ccccc1C#N)C(=O)O. The largest absolute Gasteiger partial charge is 0.478 e. The molecule has 0 saturated carbocycles. The number of nitriles is 1. The zero-order valence-corrected chi connectivity index (χ0v) is 10.6. The number of carbonyl (C=O) groups is 1. The van der Waals surface area contributed by atoms with Gasteiger partial charge in [0.25, 0.3) is 0 Å². The smallest absolute Gasteiger partial charge is 0.331 e. The van der Waals surface area contributed by atoms with Gasteiger partial charge in [-0.1, -0.05) is 25.1 Å². The van der Waals surface area contributed by atoms with Crippen LogP contribution in [-0.4, -0.2) is 24.7 Å². The van der Waals surface area contributed by atoms with Crippen molar-refractivity contribution in [2.45, 2.75) is 13.3 Å². The molecule has 0 saturated heterocycles. The maximum Gasteiger partial charge on any atom is 0.331 e. The van der Waals surface area contributed by atoms with E-state index >= 15 is 0 Å². The van der Waals surface area contributed by atoms with Crippen LogP contribution in [0, 0.1) is 11.3 Å². The van der Waals surface area contributed by atoms with Crippen molar-refractivity contribution in [1.82, 2.24) is 0 Å². The van der Waals surface area contributed by atoms with Gasteiger partial charge in [0, 0.05) is 19.2 Å². The summed E-state index contributed by atoms with van der Waals surface area (Å²) >= 11 is 0. The quantitative estimate of drug-likeness (QED) is 0.808. The van der Waals surface area contributed by atoms with E-state index in [0.717, 1.165) is 5.69 Å². The molecule has 0 aliphatic rings. The molecule has 4 nitrogen and oxygen atoms in total. The topological polar surface area (TPSA) is 64.3 Å². The van der Waals surface area contributed by atoms with Crippen LogP contribution in [0.25, 0.3) is 0 Å². The van der Waals surface area contributed by atoms with Gasteiger partial charge in [-0.05, 0) is 18.6 Å². The van der Waals surface area contributed by atoms with Gasteiger partial charge in [0.15, 0.2) is 0 Å². The van der Waals surface area contributed by atoms with Crippen molar-refractivity contribution in [3.8, 4) is 6.07 Å². The van der Waals surface area contributed by atoms with E-state index in [2.05, 4.69) is 6.07 Å². The Hall–Kier alpha value is -2.28. The Labute approximate surface area is 107 Å². The molecule has 1 aromatic carbocycles. The normalized spacial score (nSPS) is 10.8.